The quantitative estimate of drug-likeness (QED) is 0.403. The van der Waals surface area contributed by atoms with Gasteiger partial charge in [0.25, 0.3) is 0 Å². The Balaban J connectivity index is 1.87. The van der Waals surface area contributed by atoms with Gasteiger partial charge in [-0.25, -0.2) is 4.98 Å². The molecule has 0 spiro atoms. The van der Waals surface area contributed by atoms with E-state index in [0.29, 0.717) is 16.8 Å². The van der Waals surface area contributed by atoms with Crippen LogP contribution < -0.4 is 4.74 Å². The molecule has 0 atom stereocenters. The first kappa shape index (κ1) is 16.6. The second kappa shape index (κ2) is 6.45. The van der Waals surface area contributed by atoms with E-state index in [2.05, 4.69) is 20.3 Å². The second-order valence-electron chi connectivity index (χ2n) is 6.02. The normalized spacial score (nSPS) is 10.9. The maximum atomic E-state index is 11.8. The number of para-hydroxylation sites is 1. The average Bonchev–Trinajstić information content (AvgIpc) is 3.04. The second-order valence-corrected chi connectivity index (χ2v) is 6.02. The van der Waals surface area contributed by atoms with Gasteiger partial charge in [0.1, 0.15) is 17.6 Å². The van der Waals surface area contributed by atoms with E-state index in [1.165, 1.54) is 11.0 Å². The monoisotopic (exact) mass is 362 g/mol. The summed E-state index contributed by atoms with van der Waals surface area (Å²) in [4.78, 5) is 19.2. The number of aromatic nitrogens is 5. The number of hydrogen-bond acceptors (Lipinski definition) is 7. The Hall–Kier alpha value is -3.88. The summed E-state index contributed by atoms with van der Waals surface area (Å²) in [6.07, 6.45) is 1.21. The van der Waals surface area contributed by atoms with Crippen molar-refractivity contribution in [3.05, 3.63) is 70.0 Å². The number of rotatable bonds is 4. The predicted octanol–water partition coefficient (Wildman–Crippen LogP) is 3.53. The highest BCUT2D eigenvalue weighted by molar-refractivity contribution is 5.76. The molecule has 2 aromatic heterocycles. The first-order valence-corrected chi connectivity index (χ1v) is 8.09. The predicted molar refractivity (Wildman–Crippen MR) is 97.1 cm³/mol. The van der Waals surface area contributed by atoms with Gasteiger partial charge in [-0.2, -0.15) is 9.67 Å². The molecule has 0 fully saturated rings. The topological polar surface area (TPSA) is 109 Å². The van der Waals surface area contributed by atoms with Crippen LogP contribution in [0.15, 0.2) is 48.8 Å². The summed E-state index contributed by atoms with van der Waals surface area (Å²) < 4.78 is 7.04. The number of benzene rings is 2. The molecular formula is C18H14N6O3. The number of nitrogens with zero attached hydrogens (tertiary/aromatic N) is 6. The minimum Gasteiger partial charge on any atom is -0.434 e. The lowest BCUT2D eigenvalue weighted by molar-refractivity contribution is -0.386. The van der Waals surface area contributed by atoms with Crippen molar-refractivity contribution in [2.24, 2.45) is 0 Å². The molecule has 0 saturated heterocycles. The van der Waals surface area contributed by atoms with Crippen LogP contribution in [-0.4, -0.2) is 29.9 Å². The van der Waals surface area contributed by atoms with Crippen LogP contribution in [0.5, 0.6) is 11.6 Å². The van der Waals surface area contributed by atoms with Gasteiger partial charge in [-0.15, -0.1) is 5.10 Å². The van der Waals surface area contributed by atoms with E-state index in [0.717, 1.165) is 11.1 Å². The molecule has 0 aliphatic carbocycles. The SMILES string of the molecule is Cc1cc(C)cc(Oc2ncnc(-n3nnc4ccccc43)c2[N+](=O)[O-])c1. The molecule has 2 aromatic carbocycles. The molecule has 0 radical (unpaired) electrons. The Morgan fingerprint density at radius 2 is 1.81 bits per heavy atom. The zero-order valence-electron chi connectivity index (χ0n) is 14.5. The molecule has 0 aliphatic rings. The van der Waals surface area contributed by atoms with Crippen molar-refractivity contribution >= 4 is 16.7 Å². The summed E-state index contributed by atoms with van der Waals surface area (Å²) >= 11 is 0. The van der Waals surface area contributed by atoms with E-state index in [-0.39, 0.29) is 17.4 Å². The number of hydrogen-bond donors (Lipinski definition) is 0. The lowest BCUT2D eigenvalue weighted by atomic mass is 10.1. The molecular weight excluding hydrogens is 348 g/mol. The first-order valence-electron chi connectivity index (χ1n) is 8.09. The van der Waals surface area contributed by atoms with Crippen LogP contribution in [0.2, 0.25) is 0 Å². The Morgan fingerprint density at radius 3 is 2.56 bits per heavy atom. The summed E-state index contributed by atoms with van der Waals surface area (Å²) in [5, 5.41) is 19.8. The molecule has 9 nitrogen and oxygen atoms in total. The van der Waals surface area contributed by atoms with Crippen molar-refractivity contribution in [3.8, 4) is 17.4 Å². The fourth-order valence-electron chi connectivity index (χ4n) is 2.87. The van der Waals surface area contributed by atoms with Gasteiger partial charge in [0, 0.05) is 0 Å². The van der Waals surface area contributed by atoms with Gasteiger partial charge >= 0.3 is 11.6 Å². The maximum absolute atomic E-state index is 11.8. The molecule has 134 valence electrons. The third kappa shape index (κ3) is 3.06. The summed E-state index contributed by atoms with van der Waals surface area (Å²) in [5.41, 5.74) is 2.76. The lowest BCUT2D eigenvalue weighted by Crippen LogP contribution is -2.07. The third-order valence-corrected chi connectivity index (χ3v) is 3.91. The van der Waals surface area contributed by atoms with Gasteiger partial charge in [0.2, 0.25) is 5.82 Å². The molecule has 0 bridgehead atoms. The van der Waals surface area contributed by atoms with Gasteiger partial charge in [0.15, 0.2) is 0 Å². The minimum atomic E-state index is -0.580. The highest BCUT2D eigenvalue weighted by Gasteiger charge is 2.28. The van der Waals surface area contributed by atoms with Crippen LogP contribution in [-0.2, 0) is 0 Å². The number of nitro groups is 1. The highest BCUT2D eigenvalue weighted by atomic mass is 16.6. The Morgan fingerprint density at radius 1 is 1.07 bits per heavy atom. The maximum Gasteiger partial charge on any atom is 0.375 e. The number of fused-ring (bicyclic) bond motifs is 1. The van der Waals surface area contributed by atoms with Crippen molar-refractivity contribution in [3.63, 3.8) is 0 Å². The van der Waals surface area contributed by atoms with Gasteiger partial charge in [0.05, 0.1) is 10.4 Å². The average molecular weight is 362 g/mol. The van der Waals surface area contributed by atoms with Crippen LogP contribution in [0.3, 0.4) is 0 Å². The lowest BCUT2D eigenvalue weighted by Gasteiger charge is -2.09. The van der Waals surface area contributed by atoms with Crippen LogP contribution in [0.4, 0.5) is 5.69 Å². The van der Waals surface area contributed by atoms with Crippen molar-refractivity contribution in [1.82, 2.24) is 25.0 Å². The molecule has 0 N–H and O–H groups in total. The summed E-state index contributed by atoms with van der Waals surface area (Å²) in [5.74, 6) is 0.293. The first-order chi connectivity index (χ1) is 13.0. The zero-order valence-corrected chi connectivity index (χ0v) is 14.5. The molecule has 9 heteroatoms. The molecule has 2 heterocycles. The van der Waals surface area contributed by atoms with Gasteiger partial charge in [-0.05, 0) is 49.2 Å². The van der Waals surface area contributed by atoms with Gasteiger partial charge in [-0.1, -0.05) is 23.4 Å². The summed E-state index contributed by atoms with van der Waals surface area (Å²) in [7, 11) is 0. The van der Waals surface area contributed by atoms with Gasteiger partial charge < -0.3 is 4.74 Å². The third-order valence-electron chi connectivity index (χ3n) is 3.91. The van der Waals surface area contributed by atoms with E-state index in [4.69, 9.17) is 4.74 Å². The molecule has 27 heavy (non-hydrogen) atoms. The molecule has 4 aromatic rings. The van der Waals surface area contributed by atoms with Crippen LogP contribution in [0.25, 0.3) is 16.9 Å². The fourth-order valence-corrected chi connectivity index (χ4v) is 2.87. The Labute approximate surface area is 153 Å². The van der Waals surface area contributed by atoms with Crippen LogP contribution in [0, 0.1) is 24.0 Å². The highest BCUT2D eigenvalue weighted by Crippen LogP contribution is 2.34. The molecule has 0 unspecified atom stereocenters. The Bertz CT molecular complexity index is 1150. The van der Waals surface area contributed by atoms with E-state index in [1.54, 1.807) is 30.3 Å². The van der Waals surface area contributed by atoms with Crippen LogP contribution >= 0.6 is 0 Å². The standard InChI is InChI=1S/C18H14N6O3/c1-11-7-12(2)9-13(8-11)27-18-16(24(25)26)17(19-10-20-18)23-15-6-4-3-5-14(15)21-22-23/h3-10H,1-2H3. The van der Waals surface area contributed by atoms with E-state index < -0.39 is 4.92 Å². The zero-order chi connectivity index (χ0) is 19.0. The molecule has 0 aliphatic heterocycles. The molecule has 4 rings (SSSR count). The minimum absolute atomic E-state index is 0.0110. The van der Waals surface area contributed by atoms with Crippen molar-refractivity contribution < 1.29 is 9.66 Å². The fraction of sp³-hybridized carbons (Fsp3) is 0.111. The van der Waals surface area contributed by atoms with Crippen molar-refractivity contribution in [1.29, 1.82) is 0 Å². The van der Waals surface area contributed by atoms with Gasteiger partial charge in [-0.3, -0.25) is 10.1 Å². The smallest absolute Gasteiger partial charge is 0.375 e. The Kier molecular flexibility index (Phi) is 3.96. The summed E-state index contributed by atoms with van der Waals surface area (Å²) in [6.45, 7) is 3.84. The molecule has 0 amide bonds. The number of ether oxygens (including phenoxy) is 1. The van der Waals surface area contributed by atoms with E-state index in [9.17, 15) is 10.1 Å². The van der Waals surface area contributed by atoms with Crippen molar-refractivity contribution in [2.45, 2.75) is 13.8 Å². The molecule has 0 saturated carbocycles. The largest absolute Gasteiger partial charge is 0.434 e. The summed E-state index contributed by atoms with van der Waals surface area (Å²) in [6, 6.07) is 12.7. The van der Waals surface area contributed by atoms with Crippen molar-refractivity contribution in [2.75, 3.05) is 0 Å². The number of aryl methyl sites for hydroxylation is 2. The van der Waals surface area contributed by atoms with E-state index in [1.807, 2.05) is 26.0 Å². The van der Waals surface area contributed by atoms with E-state index >= 15 is 0 Å². The van der Waals surface area contributed by atoms with Crippen LogP contribution in [0.1, 0.15) is 11.1 Å².